The van der Waals surface area contributed by atoms with Crippen LogP contribution in [0.1, 0.15) is 34.0 Å². The molecule has 0 saturated heterocycles. The van der Waals surface area contributed by atoms with E-state index in [0.29, 0.717) is 28.4 Å². The number of carbonyl (C=O) groups is 1. The van der Waals surface area contributed by atoms with Crippen LogP contribution in [0.15, 0.2) is 65.6 Å². The number of ether oxygens (including phenoxy) is 1. The molecular weight excluding hydrogens is 521 g/mol. The second-order valence-corrected chi connectivity index (χ2v) is 10.0. The average Bonchev–Trinajstić information content (AvgIpc) is 2.85. The van der Waals surface area contributed by atoms with Gasteiger partial charge in [0.2, 0.25) is 0 Å². The van der Waals surface area contributed by atoms with E-state index < -0.39 is 32.6 Å². The molecule has 0 saturated carbocycles. The Morgan fingerprint density at radius 2 is 1.50 bits per heavy atom. The predicted octanol–water partition coefficient (Wildman–Crippen LogP) is 5.99. The molecule has 1 aromatic heterocycles. The molecule has 0 fully saturated rings. The highest BCUT2D eigenvalue weighted by Gasteiger charge is 2.37. The number of nitrogens with zero attached hydrogens (tertiary/aromatic N) is 2. The molecule has 0 radical (unpaired) electrons. The number of alkyl halides is 3. The number of sulfonamides is 1. The quantitative estimate of drug-likeness (QED) is 0.275. The number of fused-ring (bicyclic) bond motifs is 1. The van der Waals surface area contributed by atoms with E-state index in [0.717, 1.165) is 23.3 Å². The van der Waals surface area contributed by atoms with Gasteiger partial charge in [-0.2, -0.15) is 13.2 Å². The molecule has 0 aliphatic heterocycles. The van der Waals surface area contributed by atoms with E-state index in [1.54, 1.807) is 31.2 Å². The number of rotatable bonds is 7. The summed E-state index contributed by atoms with van der Waals surface area (Å²) in [6.07, 6.45) is -4.89. The number of hydrogen-bond acceptors (Lipinski definition) is 7. The SMILES string of the molecule is CCOC(=O)c1ccc(Nc2nc3cc(C)c(C)cc3nc2NS(=O)(=O)c2ccccc2C(F)(F)F)cc1. The van der Waals surface area contributed by atoms with Crippen molar-refractivity contribution in [2.24, 2.45) is 0 Å². The Balaban J connectivity index is 1.79. The number of halogens is 3. The monoisotopic (exact) mass is 544 g/mol. The van der Waals surface area contributed by atoms with Gasteiger partial charge in [0.05, 0.1) is 33.7 Å². The van der Waals surface area contributed by atoms with Crippen molar-refractivity contribution in [3.63, 3.8) is 0 Å². The van der Waals surface area contributed by atoms with Crippen molar-refractivity contribution in [1.29, 1.82) is 0 Å². The first-order valence-corrected chi connectivity index (χ1v) is 12.9. The topological polar surface area (TPSA) is 110 Å². The molecule has 3 aromatic carbocycles. The van der Waals surface area contributed by atoms with Crippen LogP contribution >= 0.6 is 0 Å². The number of anilines is 3. The zero-order chi connectivity index (χ0) is 27.7. The van der Waals surface area contributed by atoms with Crippen molar-refractivity contribution in [2.75, 3.05) is 16.6 Å². The van der Waals surface area contributed by atoms with Gasteiger partial charge in [-0.15, -0.1) is 0 Å². The van der Waals surface area contributed by atoms with E-state index in [4.69, 9.17) is 4.74 Å². The number of carbonyl (C=O) groups excluding carboxylic acids is 1. The minimum Gasteiger partial charge on any atom is -0.462 e. The van der Waals surface area contributed by atoms with Gasteiger partial charge in [0, 0.05) is 5.69 Å². The largest absolute Gasteiger partial charge is 0.462 e. The normalized spacial score (nSPS) is 11.8. The molecule has 8 nitrogen and oxygen atoms in total. The van der Waals surface area contributed by atoms with Gasteiger partial charge in [-0.3, -0.25) is 4.72 Å². The van der Waals surface area contributed by atoms with Crippen molar-refractivity contribution < 1.29 is 31.1 Å². The second kappa shape index (κ2) is 10.3. The number of hydrogen-bond donors (Lipinski definition) is 2. The Morgan fingerprint density at radius 3 is 2.08 bits per heavy atom. The molecule has 0 unspecified atom stereocenters. The van der Waals surface area contributed by atoms with Crippen LogP contribution < -0.4 is 10.0 Å². The summed E-state index contributed by atoms with van der Waals surface area (Å²) in [6.45, 7) is 5.62. The minimum atomic E-state index is -4.89. The second-order valence-electron chi connectivity index (χ2n) is 8.37. The molecule has 198 valence electrons. The van der Waals surface area contributed by atoms with Crippen LogP contribution in [0.25, 0.3) is 11.0 Å². The Kier molecular flexibility index (Phi) is 7.27. The van der Waals surface area contributed by atoms with E-state index >= 15 is 0 Å². The average molecular weight is 545 g/mol. The number of esters is 1. The maximum Gasteiger partial charge on any atom is 0.417 e. The first-order chi connectivity index (χ1) is 17.9. The molecular formula is C26H23F3N4O4S. The van der Waals surface area contributed by atoms with Crippen molar-refractivity contribution in [2.45, 2.75) is 31.8 Å². The van der Waals surface area contributed by atoms with Gasteiger partial charge >= 0.3 is 12.1 Å². The van der Waals surface area contributed by atoms with E-state index in [-0.39, 0.29) is 18.2 Å². The van der Waals surface area contributed by atoms with Gasteiger partial charge in [-0.1, -0.05) is 12.1 Å². The molecule has 2 N–H and O–H groups in total. The maximum absolute atomic E-state index is 13.5. The zero-order valence-corrected chi connectivity index (χ0v) is 21.4. The van der Waals surface area contributed by atoms with Crippen LogP contribution in [0, 0.1) is 13.8 Å². The van der Waals surface area contributed by atoms with Crippen LogP contribution in [-0.4, -0.2) is 31.0 Å². The molecule has 0 atom stereocenters. The lowest BCUT2D eigenvalue weighted by Gasteiger charge is -2.17. The fourth-order valence-corrected chi connectivity index (χ4v) is 4.87. The molecule has 12 heteroatoms. The highest BCUT2D eigenvalue weighted by Crippen LogP contribution is 2.35. The molecule has 38 heavy (non-hydrogen) atoms. The summed E-state index contributed by atoms with van der Waals surface area (Å²) in [7, 11) is -4.73. The summed E-state index contributed by atoms with van der Waals surface area (Å²) in [6, 6.07) is 13.5. The van der Waals surface area contributed by atoms with E-state index in [1.807, 2.05) is 13.8 Å². The number of aromatic nitrogens is 2. The lowest BCUT2D eigenvalue weighted by molar-refractivity contribution is -0.139. The Bertz CT molecular complexity index is 1620. The highest BCUT2D eigenvalue weighted by molar-refractivity contribution is 7.92. The lowest BCUT2D eigenvalue weighted by Crippen LogP contribution is -2.20. The molecule has 1 heterocycles. The summed E-state index contributed by atoms with van der Waals surface area (Å²) in [5.41, 5.74) is 2.00. The molecule has 0 bridgehead atoms. The third kappa shape index (κ3) is 5.70. The fraction of sp³-hybridized carbons (Fsp3) is 0.192. The lowest BCUT2D eigenvalue weighted by atomic mass is 10.1. The summed E-state index contributed by atoms with van der Waals surface area (Å²) >= 11 is 0. The van der Waals surface area contributed by atoms with Gasteiger partial charge in [0.15, 0.2) is 11.6 Å². The molecule has 0 spiro atoms. The van der Waals surface area contributed by atoms with Gasteiger partial charge in [-0.05, 0) is 80.4 Å². The maximum atomic E-state index is 13.5. The van der Waals surface area contributed by atoms with E-state index in [2.05, 4.69) is 20.0 Å². The van der Waals surface area contributed by atoms with Crippen molar-refractivity contribution in [3.8, 4) is 0 Å². The van der Waals surface area contributed by atoms with Gasteiger partial charge in [-0.25, -0.2) is 23.2 Å². The van der Waals surface area contributed by atoms with Gasteiger partial charge in [0.1, 0.15) is 0 Å². The van der Waals surface area contributed by atoms with Crippen LogP contribution in [0.5, 0.6) is 0 Å². The molecule has 4 rings (SSSR count). The van der Waals surface area contributed by atoms with E-state index in [9.17, 15) is 26.4 Å². The fourth-order valence-electron chi connectivity index (χ4n) is 3.63. The standard InChI is InChI=1S/C26H23F3N4O4S/c1-4-37-25(34)17-9-11-18(12-10-17)30-23-24(32-21-14-16(3)15(2)13-20(21)31-23)33-38(35,36)22-8-6-5-7-19(22)26(27,28)29/h5-14H,4H2,1-3H3,(H,30,31)(H,32,33). The molecule has 0 aliphatic rings. The van der Waals surface area contributed by atoms with Crippen LogP contribution in [0.3, 0.4) is 0 Å². The third-order valence-corrected chi connectivity index (χ3v) is 7.05. The van der Waals surface area contributed by atoms with Gasteiger partial charge < -0.3 is 10.1 Å². The van der Waals surface area contributed by atoms with Crippen molar-refractivity contribution in [1.82, 2.24) is 9.97 Å². The van der Waals surface area contributed by atoms with Crippen LogP contribution in [0.2, 0.25) is 0 Å². The van der Waals surface area contributed by atoms with Crippen molar-refractivity contribution >= 4 is 44.3 Å². The number of aryl methyl sites for hydroxylation is 2. The van der Waals surface area contributed by atoms with Crippen molar-refractivity contribution in [3.05, 3.63) is 82.9 Å². The predicted molar refractivity (Wildman–Crippen MR) is 137 cm³/mol. The Labute approximate surface area is 216 Å². The Morgan fingerprint density at radius 1 is 0.921 bits per heavy atom. The highest BCUT2D eigenvalue weighted by atomic mass is 32.2. The summed E-state index contributed by atoms with van der Waals surface area (Å²) in [4.78, 5) is 19.9. The zero-order valence-electron chi connectivity index (χ0n) is 20.6. The summed E-state index contributed by atoms with van der Waals surface area (Å²) in [5.74, 6) is -0.850. The first kappa shape index (κ1) is 26.9. The third-order valence-electron chi connectivity index (χ3n) is 5.65. The first-order valence-electron chi connectivity index (χ1n) is 11.4. The number of benzene rings is 3. The summed E-state index contributed by atoms with van der Waals surface area (Å²) < 4.78 is 74.1. The smallest absolute Gasteiger partial charge is 0.417 e. The van der Waals surface area contributed by atoms with Crippen LogP contribution in [-0.2, 0) is 20.9 Å². The molecule has 0 aliphatic carbocycles. The molecule has 4 aromatic rings. The van der Waals surface area contributed by atoms with Gasteiger partial charge in [0.25, 0.3) is 10.0 Å². The summed E-state index contributed by atoms with van der Waals surface area (Å²) in [5, 5.41) is 2.94. The van der Waals surface area contributed by atoms with E-state index in [1.165, 1.54) is 18.2 Å². The minimum absolute atomic E-state index is 0.0438. The van der Waals surface area contributed by atoms with Crippen LogP contribution in [0.4, 0.5) is 30.5 Å². The molecule has 0 amide bonds. The number of nitrogens with one attached hydrogen (secondary N) is 2. The Hall–Kier alpha value is -4.19.